The summed E-state index contributed by atoms with van der Waals surface area (Å²) in [5.41, 5.74) is 0.984. The van der Waals surface area contributed by atoms with Gasteiger partial charge in [-0.2, -0.15) is 0 Å². The van der Waals surface area contributed by atoms with Crippen molar-refractivity contribution in [2.24, 2.45) is 0 Å². The molecule has 0 radical (unpaired) electrons. The van der Waals surface area contributed by atoms with E-state index < -0.39 is 11.9 Å². The lowest BCUT2D eigenvalue weighted by Crippen LogP contribution is -2.38. The Kier molecular flexibility index (Phi) is 4.40. The lowest BCUT2D eigenvalue weighted by atomic mass is 9.93. The fourth-order valence-corrected chi connectivity index (χ4v) is 2.63. The number of rotatable bonds is 5. The smallest absolute Gasteiger partial charge is 0.168 e. The first-order chi connectivity index (χ1) is 8.64. The second-order valence-corrected chi connectivity index (χ2v) is 4.81. The minimum atomic E-state index is -0.640. The molecule has 0 bridgehead atoms. The highest BCUT2D eigenvalue weighted by Crippen LogP contribution is 2.40. The minimum Gasteiger partial charge on any atom is -0.386 e. The van der Waals surface area contributed by atoms with Gasteiger partial charge in [-0.05, 0) is 24.8 Å². The third-order valence-corrected chi connectivity index (χ3v) is 3.73. The predicted molar refractivity (Wildman–Crippen MR) is 64.7 cm³/mol. The van der Waals surface area contributed by atoms with E-state index in [0.29, 0.717) is 13.0 Å². The van der Waals surface area contributed by atoms with E-state index in [0.717, 1.165) is 18.4 Å². The molecule has 0 aromatic carbocycles. The molecule has 104 valence electrons. The molecule has 0 saturated carbocycles. The van der Waals surface area contributed by atoms with Gasteiger partial charge in [0.1, 0.15) is 18.8 Å². The third kappa shape index (κ3) is 2.60. The summed E-state index contributed by atoms with van der Waals surface area (Å²) in [5.74, 6) is -0.540. The molecular formula is C13H22O5. The van der Waals surface area contributed by atoms with E-state index in [1.54, 1.807) is 6.08 Å². The zero-order chi connectivity index (χ0) is 13.2. The second kappa shape index (κ2) is 5.67. The van der Waals surface area contributed by atoms with Gasteiger partial charge in [0.15, 0.2) is 5.79 Å². The molecule has 0 spiro atoms. The number of aliphatic hydroxyl groups excluding tert-OH is 1. The van der Waals surface area contributed by atoms with E-state index in [2.05, 4.69) is 4.89 Å². The summed E-state index contributed by atoms with van der Waals surface area (Å²) in [6.07, 6.45) is 3.06. The van der Waals surface area contributed by atoms with E-state index in [9.17, 15) is 5.11 Å². The lowest BCUT2D eigenvalue weighted by Gasteiger charge is -2.26. The maximum Gasteiger partial charge on any atom is 0.168 e. The van der Waals surface area contributed by atoms with Gasteiger partial charge < -0.3 is 14.6 Å². The normalized spacial score (nSPS) is 34.2. The Labute approximate surface area is 108 Å². The van der Waals surface area contributed by atoms with Crippen molar-refractivity contribution in [2.45, 2.75) is 57.2 Å². The van der Waals surface area contributed by atoms with Gasteiger partial charge in [-0.25, -0.2) is 9.78 Å². The van der Waals surface area contributed by atoms with Gasteiger partial charge in [0, 0.05) is 0 Å². The first-order valence-electron chi connectivity index (χ1n) is 6.53. The van der Waals surface area contributed by atoms with E-state index >= 15 is 0 Å². The molecule has 0 aromatic heterocycles. The maximum absolute atomic E-state index is 10.1. The van der Waals surface area contributed by atoms with Crippen molar-refractivity contribution in [1.82, 2.24) is 0 Å². The zero-order valence-corrected chi connectivity index (χ0v) is 11.2. The van der Waals surface area contributed by atoms with Crippen molar-refractivity contribution >= 4 is 0 Å². The monoisotopic (exact) mass is 258 g/mol. The average Bonchev–Trinajstić information content (AvgIpc) is 2.76. The number of hydrogen-bond donors (Lipinski definition) is 1. The molecular weight excluding hydrogens is 236 g/mol. The van der Waals surface area contributed by atoms with Crippen molar-refractivity contribution in [3.8, 4) is 0 Å². The molecule has 3 atom stereocenters. The molecule has 18 heavy (non-hydrogen) atoms. The van der Waals surface area contributed by atoms with Gasteiger partial charge >= 0.3 is 0 Å². The van der Waals surface area contributed by atoms with Crippen LogP contribution >= 0.6 is 0 Å². The Morgan fingerprint density at radius 2 is 2.11 bits per heavy atom. The molecule has 1 aliphatic heterocycles. The van der Waals surface area contributed by atoms with Gasteiger partial charge in [-0.1, -0.05) is 19.9 Å². The summed E-state index contributed by atoms with van der Waals surface area (Å²) in [7, 11) is 1.47. The quantitative estimate of drug-likeness (QED) is 0.460. The molecule has 1 fully saturated rings. The zero-order valence-electron chi connectivity index (χ0n) is 11.2. The van der Waals surface area contributed by atoms with Crippen LogP contribution in [-0.4, -0.2) is 42.9 Å². The molecule has 5 nitrogen and oxygen atoms in total. The summed E-state index contributed by atoms with van der Waals surface area (Å²) in [6, 6.07) is 0. The van der Waals surface area contributed by atoms with E-state index in [4.69, 9.17) is 14.4 Å². The van der Waals surface area contributed by atoms with Gasteiger partial charge in [0.25, 0.3) is 0 Å². The van der Waals surface area contributed by atoms with Crippen LogP contribution < -0.4 is 0 Å². The summed E-state index contributed by atoms with van der Waals surface area (Å²) < 4.78 is 11.9. The van der Waals surface area contributed by atoms with Crippen molar-refractivity contribution < 1.29 is 24.4 Å². The summed E-state index contributed by atoms with van der Waals surface area (Å²) in [6.45, 7) is 4.43. The van der Waals surface area contributed by atoms with E-state index in [-0.39, 0.29) is 12.2 Å². The van der Waals surface area contributed by atoms with Crippen LogP contribution in [0, 0.1) is 0 Å². The fourth-order valence-electron chi connectivity index (χ4n) is 2.63. The van der Waals surface area contributed by atoms with E-state index in [1.165, 1.54) is 7.11 Å². The molecule has 1 heterocycles. The fraction of sp³-hybridized carbons (Fsp3) is 0.846. The number of hydrogen-bond acceptors (Lipinski definition) is 5. The highest BCUT2D eigenvalue weighted by Gasteiger charge is 2.49. The first-order valence-corrected chi connectivity index (χ1v) is 6.53. The number of ether oxygens (including phenoxy) is 2. The SMILES string of the molecule is CCC1(CC)O[C@H]2[C@@H](O)C=C(COOC)C[C@H]2O1. The number of fused-ring (bicyclic) bond motifs is 1. The van der Waals surface area contributed by atoms with E-state index in [1.807, 2.05) is 13.8 Å². The topological polar surface area (TPSA) is 57.2 Å². The molecule has 0 amide bonds. The van der Waals surface area contributed by atoms with Crippen LogP contribution in [-0.2, 0) is 19.2 Å². The lowest BCUT2D eigenvalue weighted by molar-refractivity contribution is -0.266. The summed E-state index contributed by atoms with van der Waals surface area (Å²) >= 11 is 0. The standard InChI is InChI=1S/C13H22O5/c1-4-13(5-2)17-11-7-9(8-16-15-3)6-10(14)12(11)18-13/h6,10-12,14H,4-5,7-8H2,1-3H3/t10-,11+,12-/m0/s1. The largest absolute Gasteiger partial charge is 0.386 e. The second-order valence-electron chi connectivity index (χ2n) is 4.81. The highest BCUT2D eigenvalue weighted by atomic mass is 17.2. The summed E-state index contributed by atoms with van der Waals surface area (Å²) in [5, 5.41) is 10.1. The van der Waals surface area contributed by atoms with Crippen molar-refractivity contribution in [2.75, 3.05) is 13.7 Å². The maximum atomic E-state index is 10.1. The van der Waals surface area contributed by atoms with Crippen LogP contribution in [0.2, 0.25) is 0 Å². The third-order valence-electron chi connectivity index (χ3n) is 3.73. The van der Waals surface area contributed by atoms with Crippen LogP contribution in [0.3, 0.4) is 0 Å². The van der Waals surface area contributed by atoms with Crippen LogP contribution in [0.15, 0.2) is 11.6 Å². The van der Waals surface area contributed by atoms with Gasteiger partial charge in [0.05, 0.1) is 13.2 Å². The van der Waals surface area contributed by atoms with Crippen LogP contribution in [0.25, 0.3) is 0 Å². The Balaban J connectivity index is 2.04. The van der Waals surface area contributed by atoms with Crippen molar-refractivity contribution in [1.29, 1.82) is 0 Å². The Bertz CT molecular complexity index is 311. The molecule has 5 heteroatoms. The molecule has 1 N–H and O–H groups in total. The molecule has 0 aromatic rings. The van der Waals surface area contributed by atoms with Gasteiger partial charge in [-0.15, -0.1) is 0 Å². The molecule has 0 unspecified atom stereocenters. The first kappa shape index (κ1) is 14.0. The van der Waals surface area contributed by atoms with Gasteiger partial charge in [-0.3, -0.25) is 0 Å². The molecule has 1 saturated heterocycles. The molecule has 1 aliphatic carbocycles. The minimum absolute atomic E-state index is 0.0969. The van der Waals surface area contributed by atoms with Gasteiger partial charge in [0.2, 0.25) is 0 Å². The highest BCUT2D eigenvalue weighted by molar-refractivity contribution is 5.16. The number of aliphatic hydroxyl groups is 1. The summed E-state index contributed by atoms with van der Waals surface area (Å²) in [4.78, 5) is 9.48. The molecule has 2 aliphatic rings. The average molecular weight is 258 g/mol. The van der Waals surface area contributed by atoms with Crippen LogP contribution in [0.5, 0.6) is 0 Å². The Morgan fingerprint density at radius 1 is 1.39 bits per heavy atom. The molecule has 2 rings (SSSR count). The Hall–Kier alpha value is -0.460. The Morgan fingerprint density at radius 3 is 2.72 bits per heavy atom. The van der Waals surface area contributed by atoms with Crippen molar-refractivity contribution in [3.05, 3.63) is 11.6 Å². The predicted octanol–water partition coefficient (Wildman–Crippen LogP) is 1.56. The van der Waals surface area contributed by atoms with Crippen molar-refractivity contribution in [3.63, 3.8) is 0 Å². The van der Waals surface area contributed by atoms with Crippen LogP contribution in [0.1, 0.15) is 33.1 Å². The van der Waals surface area contributed by atoms with Crippen LogP contribution in [0.4, 0.5) is 0 Å².